The molecule has 6 heteroatoms. The van der Waals surface area contributed by atoms with E-state index >= 15 is 0 Å². The lowest BCUT2D eigenvalue weighted by molar-refractivity contribution is -0.115. The molecule has 0 unspecified atom stereocenters. The fourth-order valence-corrected chi connectivity index (χ4v) is 3.07. The monoisotopic (exact) mass is 400 g/mol. The molecule has 0 radical (unpaired) electrons. The SMILES string of the molecule is Cc1ccc(N(CCCCO)C(=S)NC(=O)/C=C/c2ccc(F)cc2)c(C)c1. The van der Waals surface area contributed by atoms with Gasteiger partial charge in [0.25, 0.3) is 0 Å². The molecule has 0 saturated carbocycles. The Hall–Kier alpha value is -2.57. The second-order valence-corrected chi connectivity index (χ2v) is 6.94. The highest BCUT2D eigenvalue weighted by atomic mass is 32.1. The molecule has 0 aliphatic rings. The quantitative estimate of drug-likeness (QED) is 0.417. The molecule has 4 nitrogen and oxygen atoms in total. The van der Waals surface area contributed by atoms with E-state index in [1.54, 1.807) is 18.2 Å². The second-order valence-electron chi connectivity index (χ2n) is 6.55. The zero-order valence-corrected chi connectivity index (χ0v) is 16.9. The number of thiocarbonyl (C=S) groups is 1. The molecule has 0 atom stereocenters. The summed E-state index contributed by atoms with van der Waals surface area (Å²) in [6.45, 7) is 4.72. The van der Waals surface area contributed by atoms with E-state index in [4.69, 9.17) is 17.3 Å². The van der Waals surface area contributed by atoms with Crippen molar-refractivity contribution in [3.63, 3.8) is 0 Å². The number of unbranched alkanes of at least 4 members (excludes halogenated alkanes) is 1. The third kappa shape index (κ3) is 6.55. The van der Waals surface area contributed by atoms with Crippen LogP contribution in [0.3, 0.4) is 0 Å². The van der Waals surface area contributed by atoms with Crippen molar-refractivity contribution in [2.75, 3.05) is 18.1 Å². The summed E-state index contributed by atoms with van der Waals surface area (Å²) in [6, 6.07) is 11.9. The molecule has 2 rings (SSSR count). The van der Waals surface area contributed by atoms with E-state index in [0.717, 1.165) is 28.8 Å². The van der Waals surface area contributed by atoms with Gasteiger partial charge in [-0.1, -0.05) is 29.8 Å². The average molecular weight is 401 g/mol. The smallest absolute Gasteiger partial charge is 0.250 e. The van der Waals surface area contributed by atoms with Gasteiger partial charge < -0.3 is 10.0 Å². The molecular formula is C22H25FN2O2S. The van der Waals surface area contributed by atoms with E-state index in [2.05, 4.69) is 11.4 Å². The zero-order chi connectivity index (χ0) is 20.5. The van der Waals surface area contributed by atoms with Gasteiger partial charge in [0.05, 0.1) is 0 Å². The molecule has 28 heavy (non-hydrogen) atoms. The molecule has 0 fully saturated rings. The Morgan fingerprint density at radius 1 is 1.18 bits per heavy atom. The molecule has 0 saturated heterocycles. The minimum Gasteiger partial charge on any atom is -0.396 e. The first-order chi connectivity index (χ1) is 13.4. The average Bonchev–Trinajstić information content (AvgIpc) is 2.65. The molecule has 148 valence electrons. The summed E-state index contributed by atoms with van der Waals surface area (Å²) in [6.07, 6.45) is 4.37. The third-order valence-electron chi connectivity index (χ3n) is 4.21. The highest BCUT2D eigenvalue weighted by Crippen LogP contribution is 2.22. The number of anilines is 1. The molecule has 2 aromatic carbocycles. The summed E-state index contributed by atoms with van der Waals surface area (Å²) >= 11 is 5.47. The lowest BCUT2D eigenvalue weighted by Gasteiger charge is -2.27. The van der Waals surface area contributed by atoms with Crippen molar-refractivity contribution >= 4 is 35.0 Å². The van der Waals surface area contributed by atoms with Crippen LogP contribution in [0.25, 0.3) is 6.08 Å². The van der Waals surface area contributed by atoms with Crippen LogP contribution in [0.15, 0.2) is 48.5 Å². The molecule has 0 heterocycles. The van der Waals surface area contributed by atoms with Gasteiger partial charge in [-0.3, -0.25) is 10.1 Å². The number of rotatable bonds is 7. The lowest BCUT2D eigenvalue weighted by Crippen LogP contribution is -2.43. The first kappa shape index (κ1) is 21.7. The lowest BCUT2D eigenvalue weighted by atomic mass is 10.1. The Bertz CT molecular complexity index is 850. The minimum absolute atomic E-state index is 0.111. The Balaban J connectivity index is 2.10. The maximum absolute atomic E-state index is 13.0. The van der Waals surface area contributed by atoms with Crippen LogP contribution < -0.4 is 10.2 Å². The number of benzene rings is 2. The number of aliphatic hydroxyl groups excluding tert-OH is 1. The number of amides is 1. The van der Waals surface area contributed by atoms with Gasteiger partial charge in [0.2, 0.25) is 5.91 Å². The van der Waals surface area contributed by atoms with Gasteiger partial charge in [-0.25, -0.2) is 4.39 Å². The van der Waals surface area contributed by atoms with E-state index in [9.17, 15) is 9.18 Å². The van der Waals surface area contributed by atoms with Gasteiger partial charge in [0, 0.05) is 24.9 Å². The highest BCUT2D eigenvalue weighted by molar-refractivity contribution is 7.80. The van der Waals surface area contributed by atoms with E-state index in [-0.39, 0.29) is 18.3 Å². The van der Waals surface area contributed by atoms with Gasteiger partial charge >= 0.3 is 0 Å². The Morgan fingerprint density at radius 3 is 2.54 bits per heavy atom. The summed E-state index contributed by atoms with van der Waals surface area (Å²) in [5.74, 6) is -0.680. The summed E-state index contributed by atoms with van der Waals surface area (Å²) in [4.78, 5) is 14.2. The fraction of sp³-hybridized carbons (Fsp3) is 0.273. The summed E-state index contributed by atoms with van der Waals surface area (Å²) in [5.41, 5.74) is 3.85. The summed E-state index contributed by atoms with van der Waals surface area (Å²) < 4.78 is 13.0. The van der Waals surface area contributed by atoms with E-state index in [0.29, 0.717) is 18.1 Å². The van der Waals surface area contributed by atoms with Crippen molar-refractivity contribution in [1.29, 1.82) is 0 Å². The van der Waals surface area contributed by atoms with Gasteiger partial charge in [-0.15, -0.1) is 0 Å². The number of carbonyl (C=O) groups excluding carboxylic acids is 1. The fourth-order valence-electron chi connectivity index (χ4n) is 2.78. The summed E-state index contributed by atoms with van der Waals surface area (Å²) in [7, 11) is 0. The number of hydrogen-bond acceptors (Lipinski definition) is 3. The van der Waals surface area contributed by atoms with Crippen LogP contribution in [-0.4, -0.2) is 29.3 Å². The van der Waals surface area contributed by atoms with Gasteiger partial charge in [0.15, 0.2) is 5.11 Å². The number of aryl methyl sites for hydroxylation is 2. The van der Waals surface area contributed by atoms with Gasteiger partial charge in [0.1, 0.15) is 5.82 Å². The van der Waals surface area contributed by atoms with Crippen molar-refractivity contribution < 1.29 is 14.3 Å². The molecule has 0 bridgehead atoms. The van der Waals surface area contributed by atoms with Crippen molar-refractivity contribution in [2.45, 2.75) is 26.7 Å². The number of nitrogens with one attached hydrogen (secondary N) is 1. The van der Waals surface area contributed by atoms with Crippen LogP contribution in [0.5, 0.6) is 0 Å². The van der Waals surface area contributed by atoms with Crippen LogP contribution in [0, 0.1) is 19.7 Å². The highest BCUT2D eigenvalue weighted by Gasteiger charge is 2.15. The summed E-state index contributed by atoms with van der Waals surface area (Å²) in [5, 5.41) is 12.1. The molecular weight excluding hydrogens is 375 g/mol. The Kier molecular flexibility index (Phi) is 8.29. The van der Waals surface area contributed by atoms with Crippen LogP contribution in [0.4, 0.5) is 10.1 Å². The first-order valence-electron chi connectivity index (χ1n) is 9.15. The number of nitrogens with zero attached hydrogens (tertiary/aromatic N) is 1. The Labute approximate surface area is 170 Å². The number of halogens is 1. The van der Waals surface area contributed by atoms with Crippen LogP contribution in [-0.2, 0) is 4.79 Å². The maximum atomic E-state index is 13.0. The number of carbonyl (C=O) groups is 1. The molecule has 2 N–H and O–H groups in total. The van der Waals surface area contributed by atoms with Crippen LogP contribution in [0.2, 0.25) is 0 Å². The van der Waals surface area contributed by atoms with E-state index in [1.165, 1.54) is 18.2 Å². The van der Waals surface area contributed by atoms with E-state index < -0.39 is 0 Å². The number of hydrogen-bond donors (Lipinski definition) is 2. The topological polar surface area (TPSA) is 52.6 Å². The largest absolute Gasteiger partial charge is 0.396 e. The molecule has 1 amide bonds. The minimum atomic E-state index is -0.355. The van der Waals surface area contributed by atoms with Gasteiger partial charge in [-0.05, 0) is 74.3 Å². The third-order valence-corrected chi connectivity index (χ3v) is 4.53. The first-order valence-corrected chi connectivity index (χ1v) is 9.56. The predicted molar refractivity (Wildman–Crippen MR) is 116 cm³/mol. The molecule has 2 aromatic rings. The second kappa shape index (κ2) is 10.7. The van der Waals surface area contributed by atoms with E-state index in [1.807, 2.05) is 30.9 Å². The number of aliphatic hydroxyl groups is 1. The molecule has 0 spiro atoms. The van der Waals surface area contributed by atoms with Crippen LogP contribution >= 0.6 is 12.2 Å². The zero-order valence-electron chi connectivity index (χ0n) is 16.1. The van der Waals surface area contributed by atoms with Crippen molar-refractivity contribution in [1.82, 2.24) is 5.32 Å². The normalized spacial score (nSPS) is 10.9. The van der Waals surface area contributed by atoms with Crippen LogP contribution in [0.1, 0.15) is 29.5 Å². The molecule has 0 aromatic heterocycles. The molecule has 0 aliphatic heterocycles. The van der Waals surface area contributed by atoms with Crippen molar-refractivity contribution in [3.8, 4) is 0 Å². The maximum Gasteiger partial charge on any atom is 0.250 e. The standard InChI is InChI=1S/C22H25FN2O2S/c1-16-5-11-20(17(2)15-16)25(13-3-4-14-26)22(28)24-21(27)12-8-18-6-9-19(23)10-7-18/h5-12,15,26H,3-4,13-14H2,1-2H3,(H,24,27,28)/b12-8+. The van der Waals surface area contributed by atoms with Crippen molar-refractivity contribution in [3.05, 3.63) is 71.0 Å². The predicted octanol–water partition coefficient (Wildman–Crippen LogP) is 4.14. The molecule has 0 aliphatic carbocycles. The van der Waals surface area contributed by atoms with Crippen molar-refractivity contribution in [2.24, 2.45) is 0 Å². The Morgan fingerprint density at radius 2 is 1.89 bits per heavy atom. The van der Waals surface area contributed by atoms with Gasteiger partial charge in [-0.2, -0.15) is 0 Å².